The number of benzene rings is 3. The Bertz CT molecular complexity index is 1400. The van der Waals surface area contributed by atoms with E-state index in [9.17, 15) is 25.0 Å². The zero-order valence-corrected chi connectivity index (χ0v) is 21.2. The molecule has 0 spiro atoms. The van der Waals surface area contributed by atoms with Gasteiger partial charge in [0.15, 0.2) is 0 Å². The Balaban J connectivity index is 1.58. The van der Waals surface area contributed by atoms with Crippen LogP contribution in [-0.4, -0.2) is 26.4 Å². The summed E-state index contributed by atoms with van der Waals surface area (Å²) in [6.07, 6.45) is 0.586. The molecule has 0 bridgehead atoms. The summed E-state index contributed by atoms with van der Waals surface area (Å²) in [5.74, 6) is -0.516. The number of halogens is 1. The number of carbonyl (C=O) groups excluding carboxylic acids is 1. The Morgan fingerprint density at radius 3 is 2.38 bits per heavy atom. The van der Waals surface area contributed by atoms with E-state index in [-0.39, 0.29) is 45.3 Å². The minimum atomic E-state index is -0.409. The Hall–Kier alpha value is -3.63. The maximum atomic E-state index is 11.9. The number of alkyl halides is 1. The van der Waals surface area contributed by atoms with Crippen LogP contribution in [0, 0.1) is 26.1 Å². The minimum absolute atomic E-state index is 0.0213. The molecule has 1 heterocycles. The average molecular weight is 539 g/mol. The summed E-state index contributed by atoms with van der Waals surface area (Å²) in [4.78, 5) is 34.9. The molecule has 3 aromatic carbocycles. The van der Waals surface area contributed by atoms with E-state index in [1.807, 2.05) is 12.1 Å². The molecule has 3 aromatic rings. The summed E-state index contributed by atoms with van der Waals surface area (Å²) in [5.41, 5.74) is 2.96. The van der Waals surface area contributed by atoms with Gasteiger partial charge < -0.3 is 10.6 Å². The molecular formula is C26H23ClN4O5S. The van der Waals surface area contributed by atoms with Crippen LogP contribution in [0.1, 0.15) is 36.4 Å². The monoisotopic (exact) mass is 538 g/mol. The molecule has 0 radical (unpaired) electrons. The largest absolute Gasteiger partial charge is 0.377 e. The van der Waals surface area contributed by atoms with Crippen LogP contribution in [0.25, 0.3) is 0 Å². The lowest BCUT2D eigenvalue weighted by atomic mass is 9.76. The van der Waals surface area contributed by atoms with Crippen molar-refractivity contribution in [1.29, 1.82) is 0 Å². The fourth-order valence-electron chi connectivity index (χ4n) is 5.49. The van der Waals surface area contributed by atoms with Gasteiger partial charge in [-0.2, -0.15) is 0 Å². The first-order valence-electron chi connectivity index (χ1n) is 11.7. The first-order valence-corrected chi connectivity index (χ1v) is 13.0. The number of rotatable bonds is 6. The number of nitro groups is 2. The molecule has 1 fully saturated rings. The highest BCUT2D eigenvalue weighted by molar-refractivity contribution is 8.00. The van der Waals surface area contributed by atoms with Crippen LogP contribution in [0.2, 0.25) is 0 Å². The van der Waals surface area contributed by atoms with Gasteiger partial charge in [-0.15, -0.1) is 23.4 Å². The highest BCUT2D eigenvalue weighted by Crippen LogP contribution is 2.59. The number of thioether (sulfide) groups is 1. The SMILES string of the molecule is CC(=O)Nc1ccc2c(c1)[C@@H]1[C@@H](Cl)[C@@H](Sc3ccccc3[N+](=O)[O-])C[C@@H]1[C@H](c1ccccc1[N+](=O)[O-])N2. The number of hydrogen-bond donors (Lipinski definition) is 2. The van der Waals surface area contributed by atoms with Gasteiger partial charge in [0.1, 0.15) is 0 Å². The standard InChI is InChI=1S/C26H23ClN4O5S/c1-14(32)28-15-10-11-19-17(12-15)24-18(26(29-19)16-6-2-3-7-20(16)30(33)34)13-23(25(24)27)37-22-9-5-4-8-21(22)31(35)36/h2-12,18,23-26,29H,13H2,1H3,(H,28,32)/t18-,23-,24-,25-,26-/m0/s1. The van der Waals surface area contributed by atoms with Crippen molar-refractivity contribution in [2.45, 2.75) is 40.8 Å². The maximum absolute atomic E-state index is 11.9. The predicted molar refractivity (Wildman–Crippen MR) is 143 cm³/mol. The summed E-state index contributed by atoms with van der Waals surface area (Å²) < 4.78 is 0. The highest BCUT2D eigenvalue weighted by Gasteiger charge is 2.51. The fourth-order valence-corrected chi connectivity index (χ4v) is 7.44. The van der Waals surface area contributed by atoms with Crippen molar-refractivity contribution in [2.75, 3.05) is 10.6 Å². The molecule has 190 valence electrons. The Morgan fingerprint density at radius 1 is 1.00 bits per heavy atom. The summed E-state index contributed by atoms with van der Waals surface area (Å²) in [5, 5.41) is 29.2. The molecule has 2 N–H and O–H groups in total. The lowest BCUT2D eigenvalue weighted by Gasteiger charge is -2.38. The summed E-state index contributed by atoms with van der Waals surface area (Å²) in [6.45, 7) is 1.43. The van der Waals surface area contributed by atoms with Gasteiger partial charge in [-0.05, 0) is 42.2 Å². The van der Waals surface area contributed by atoms with Gasteiger partial charge in [0, 0.05) is 41.6 Å². The van der Waals surface area contributed by atoms with E-state index in [1.165, 1.54) is 30.8 Å². The second-order valence-electron chi connectivity index (χ2n) is 9.17. The number of hydrogen-bond acceptors (Lipinski definition) is 7. The lowest BCUT2D eigenvalue weighted by Crippen LogP contribution is -2.31. The van der Waals surface area contributed by atoms with Gasteiger partial charge in [0.05, 0.1) is 31.7 Å². The molecule has 9 nitrogen and oxygen atoms in total. The van der Waals surface area contributed by atoms with Crippen LogP contribution in [-0.2, 0) is 4.79 Å². The Kier molecular flexibility index (Phi) is 6.78. The number of fused-ring (bicyclic) bond motifs is 3. The van der Waals surface area contributed by atoms with Crippen molar-refractivity contribution < 1.29 is 14.6 Å². The average Bonchev–Trinajstić information content (AvgIpc) is 3.19. The maximum Gasteiger partial charge on any atom is 0.282 e. The molecule has 11 heteroatoms. The molecule has 5 atom stereocenters. The molecule has 37 heavy (non-hydrogen) atoms. The molecular weight excluding hydrogens is 516 g/mol. The number of para-hydroxylation sites is 2. The third-order valence-corrected chi connectivity index (χ3v) is 9.06. The molecule has 0 aromatic heterocycles. The van der Waals surface area contributed by atoms with E-state index in [2.05, 4.69) is 10.6 Å². The second-order valence-corrected chi connectivity index (χ2v) is 11.0. The molecule has 5 rings (SSSR count). The van der Waals surface area contributed by atoms with E-state index in [0.29, 0.717) is 22.6 Å². The van der Waals surface area contributed by atoms with E-state index in [1.54, 1.807) is 42.5 Å². The van der Waals surface area contributed by atoms with Gasteiger partial charge >= 0.3 is 0 Å². The summed E-state index contributed by atoms with van der Waals surface area (Å²) in [6, 6.07) is 18.4. The molecule has 1 aliphatic heterocycles. The number of carbonyl (C=O) groups is 1. The van der Waals surface area contributed by atoms with Crippen LogP contribution in [0.3, 0.4) is 0 Å². The fraction of sp³-hybridized carbons (Fsp3) is 0.269. The third-order valence-electron chi connectivity index (χ3n) is 6.94. The van der Waals surface area contributed by atoms with Crippen molar-refractivity contribution in [3.63, 3.8) is 0 Å². The number of anilines is 2. The van der Waals surface area contributed by atoms with E-state index in [0.717, 1.165) is 11.3 Å². The highest BCUT2D eigenvalue weighted by atomic mass is 35.5. The van der Waals surface area contributed by atoms with Gasteiger partial charge in [0.2, 0.25) is 5.91 Å². The number of nitrogens with zero attached hydrogens (tertiary/aromatic N) is 2. The molecule has 1 amide bonds. The number of nitrogens with one attached hydrogen (secondary N) is 2. The van der Waals surface area contributed by atoms with E-state index < -0.39 is 10.3 Å². The normalized spacial score (nSPS) is 23.9. The van der Waals surface area contributed by atoms with Crippen molar-refractivity contribution in [3.8, 4) is 0 Å². The third kappa shape index (κ3) is 4.74. The number of amides is 1. The minimum Gasteiger partial charge on any atom is -0.377 e. The Morgan fingerprint density at radius 2 is 1.68 bits per heavy atom. The van der Waals surface area contributed by atoms with Crippen LogP contribution < -0.4 is 10.6 Å². The molecule has 0 unspecified atom stereocenters. The topological polar surface area (TPSA) is 127 Å². The quantitative estimate of drug-likeness (QED) is 0.208. The Labute approximate surface area is 221 Å². The van der Waals surface area contributed by atoms with Crippen LogP contribution >= 0.6 is 23.4 Å². The van der Waals surface area contributed by atoms with Gasteiger partial charge in [-0.25, -0.2) is 0 Å². The van der Waals surface area contributed by atoms with Crippen molar-refractivity contribution in [2.24, 2.45) is 5.92 Å². The van der Waals surface area contributed by atoms with Crippen LogP contribution in [0.5, 0.6) is 0 Å². The lowest BCUT2D eigenvalue weighted by molar-refractivity contribution is -0.387. The van der Waals surface area contributed by atoms with E-state index in [4.69, 9.17) is 11.6 Å². The van der Waals surface area contributed by atoms with Crippen LogP contribution in [0.15, 0.2) is 71.6 Å². The first-order chi connectivity index (χ1) is 17.7. The molecule has 1 saturated carbocycles. The van der Waals surface area contributed by atoms with Crippen molar-refractivity contribution >= 4 is 52.0 Å². The number of nitro benzene ring substituents is 2. The van der Waals surface area contributed by atoms with Gasteiger partial charge in [0.25, 0.3) is 11.4 Å². The predicted octanol–water partition coefficient (Wildman–Crippen LogP) is 6.50. The summed E-state index contributed by atoms with van der Waals surface area (Å²) in [7, 11) is 0. The smallest absolute Gasteiger partial charge is 0.282 e. The summed E-state index contributed by atoms with van der Waals surface area (Å²) >= 11 is 8.51. The second kappa shape index (κ2) is 10.0. The van der Waals surface area contributed by atoms with Crippen molar-refractivity contribution in [3.05, 3.63) is 98.1 Å². The van der Waals surface area contributed by atoms with Crippen molar-refractivity contribution in [1.82, 2.24) is 0 Å². The molecule has 1 aliphatic carbocycles. The zero-order valence-electron chi connectivity index (χ0n) is 19.7. The van der Waals surface area contributed by atoms with Gasteiger partial charge in [-0.3, -0.25) is 25.0 Å². The molecule has 0 saturated heterocycles. The van der Waals surface area contributed by atoms with Gasteiger partial charge in [-0.1, -0.05) is 30.3 Å². The molecule has 2 aliphatic rings. The van der Waals surface area contributed by atoms with E-state index >= 15 is 0 Å². The van der Waals surface area contributed by atoms with Crippen LogP contribution in [0.4, 0.5) is 22.7 Å². The zero-order chi connectivity index (χ0) is 26.3. The first kappa shape index (κ1) is 25.0.